The van der Waals surface area contributed by atoms with Crippen molar-refractivity contribution >= 4 is 5.97 Å². The molecule has 0 amide bonds. The van der Waals surface area contributed by atoms with E-state index in [2.05, 4.69) is 12.1 Å². The summed E-state index contributed by atoms with van der Waals surface area (Å²) in [6, 6.07) is 6.23. The summed E-state index contributed by atoms with van der Waals surface area (Å²) in [5.41, 5.74) is 1.86. The van der Waals surface area contributed by atoms with Crippen LogP contribution in [-0.4, -0.2) is 30.9 Å². The van der Waals surface area contributed by atoms with Crippen LogP contribution in [0, 0.1) is 5.41 Å². The summed E-state index contributed by atoms with van der Waals surface area (Å²) in [5.74, 6) is 0.304. The van der Waals surface area contributed by atoms with Crippen molar-refractivity contribution < 1.29 is 19.4 Å². The molecule has 4 nitrogen and oxygen atoms in total. The van der Waals surface area contributed by atoms with Gasteiger partial charge in [-0.05, 0) is 42.9 Å². The van der Waals surface area contributed by atoms with Gasteiger partial charge in [-0.1, -0.05) is 12.1 Å². The van der Waals surface area contributed by atoms with E-state index in [1.807, 2.05) is 6.07 Å². The largest absolute Gasteiger partial charge is 0.493 e. The summed E-state index contributed by atoms with van der Waals surface area (Å²) in [4.78, 5) is 11.6. The van der Waals surface area contributed by atoms with Crippen LogP contribution in [0.5, 0.6) is 5.75 Å². The molecular formula is C16H20O4. The molecule has 1 fully saturated rings. The molecule has 0 aromatic heterocycles. The van der Waals surface area contributed by atoms with Crippen molar-refractivity contribution in [1.82, 2.24) is 0 Å². The van der Waals surface area contributed by atoms with Crippen LogP contribution in [0.2, 0.25) is 0 Å². The quantitative estimate of drug-likeness (QED) is 0.917. The molecule has 108 valence electrons. The zero-order chi connectivity index (χ0) is 14.0. The van der Waals surface area contributed by atoms with Crippen LogP contribution in [-0.2, 0) is 22.4 Å². The topological polar surface area (TPSA) is 55.8 Å². The van der Waals surface area contributed by atoms with Crippen LogP contribution >= 0.6 is 0 Å². The van der Waals surface area contributed by atoms with Crippen molar-refractivity contribution in [3.63, 3.8) is 0 Å². The van der Waals surface area contributed by atoms with Gasteiger partial charge in [0.15, 0.2) is 0 Å². The first-order valence-electron chi connectivity index (χ1n) is 7.25. The summed E-state index contributed by atoms with van der Waals surface area (Å²) in [6.45, 7) is 1.88. The second kappa shape index (κ2) is 5.44. The van der Waals surface area contributed by atoms with Gasteiger partial charge in [0.25, 0.3) is 0 Å². The van der Waals surface area contributed by atoms with Gasteiger partial charge in [-0.25, -0.2) is 0 Å². The minimum Gasteiger partial charge on any atom is -0.493 e. The number of carboxylic acids is 1. The number of benzene rings is 1. The summed E-state index contributed by atoms with van der Waals surface area (Å²) >= 11 is 0. The number of rotatable bonds is 4. The summed E-state index contributed by atoms with van der Waals surface area (Å²) < 4.78 is 10.8. The Morgan fingerprint density at radius 1 is 1.25 bits per heavy atom. The molecule has 20 heavy (non-hydrogen) atoms. The molecule has 1 aromatic carbocycles. The van der Waals surface area contributed by atoms with Crippen LogP contribution in [0.3, 0.4) is 0 Å². The molecule has 0 atom stereocenters. The lowest BCUT2D eigenvalue weighted by Gasteiger charge is -2.33. The van der Waals surface area contributed by atoms with Crippen molar-refractivity contribution in [1.29, 1.82) is 0 Å². The van der Waals surface area contributed by atoms with Crippen LogP contribution in [0.15, 0.2) is 18.2 Å². The molecule has 1 N–H and O–H groups in total. The molecule has 0 spiro atoms. The molecule has 4 heteroatoms. The fraction of sp³-hybridized carbons (Fsp3) is 0.562. The third-order valence-electron chi connectivity index (χ3n) is 4.55. The number of aliphatic carboxylic acids is 1. The normalized spacial score (nSPS) is 20.2. The van der Waals surface area contributed by atoms with E-state index in [1.165, 1.54) is 11.1 Å². The van der Waals surface area contributed by atoms with Crippen molar-refractivity contribution in [3.8, 4) is 5.75 Å². The predicted octanol–water partition coefficient (Wildman–Crippen LogP) is 2.44. The second-order valence-electron chi connectivity index (χ2n) is 5.74. The first-order chi connectivity index (χ1) is 9.70. The Hall–Kier alpha value is -1.55. The van der Waals surface area contributed by atoms with Gasteiger partial charge in [0.05, 0.1) is 12.0 Å². The second-order valence-corrected chi connectivity index (χ2v) is 5.74. The molecule has 0 radical (unpaired) electrons. The molecule has 2 aliphatic heterocycles. The van der Waals surface area contributed by atoms with Crippen LogP contribution < -0.4 is 4.74 Å². The third-order valence-corrected chi connectivity index (χ3v) is 4.55. The number of hydrogen-bond donors (Lipinski definition) is 1. The van der Waals surface area contributed by atoms with Gasteiger partial charge < -0.3 is 14.6 Å². The number of hydrogen-bond acceptors (Lipinski definition) is 3. The first-order valence-corrected chi connectivity index (χ1v) is 7.25. The molecule has 0 aliphatic carbocycles. The van der Waals surface area contributed by atoms with Gasteiger partial charge in [0.1, 0.15) is 5.75 Å². The third kappa shape index (κ3) is 2.52. The highest BCUT2D eigenvalue weighted by Gasteiger charge is 2.39. The molecule has 2 heterocycles. The molecule has 0 unspecified atom stereocenters. The first kappa shape index (κ1) is 13.4. The standard InChI is InChI=1S/C16H20O4/c17-15(18)16(6-9-19-10-7-16)5-3-12-1-2-14-13(11-12)4-8-20-14/h1-2,11H,3-10H2,(H,17,18). The maximum absolute atomic E-state index is 11.6. The van der Waals surface area contributed by atoms with Gasteiger partial charge in [-0.15, -0.1) is 0 Å². The van der Waals surface area contributed by atoms with Crippen LogP contribution in [0.4, 0.5) is 0 Å². The van der Waals surface area contributed by atoms with E-state index in [0.29, 0.717) is 32.5 Å². The van der Waals surface area contributed by atoms with Crippen molar-refractivity contribution in [2.45, 2.75) is 32.1 Å². The van der Waals surface area contributed by atoms with Gasteiger partial charge in [-0.2, -0.15) is 0 Å². The molecule has 3 rings (SSSR count). The Labute approximate surface area is 118 Å². The Balaban J connectivity index is 1.69. The summed E-state index contributed by atoms with van der Waals surface area (Å²) in [5, 5.41) is 9.55. The van der Waals surface area contributed by atoms with E-state index < -0.39 is 11.4 Å². The highest BCUT2D eigenvalue weighted by Crippen LogP contribution is 2.36. The van der Waals surface area contributed by atoms with Gasteiger partial charge >= 0.3 is 5.97 Å². The smallest absolute Gasteiger partial charge is 0.309 e. The number of carbonyl (C=O) groups is 1. The number of carboxylic acid groups (broad SMARTS) is 1. The highest BCUT2D eigenvalue weighted by molar-refractivity contribution is 5.74. The van der Waals surface area contributed by atoms with Crippen LogP contribution in [0.1, 0.15) is 30.4 Å². The minimum absolute atomic E-state index is 0.560. The maximum atomic E-state index is 11.6. The lowest BCUT2D eigenvalue weighted by atomic mass is 9.75. The lowest BCUT2D eigenvalue weighted by molar-refractivity contribution is -0.155. The van der Waals surface area contributed by atoms with Gasteiger partial charge in [0, 0.05) is 19.6 Å². The van der Waals surface area contributed by atoms with Crippen molar-refractivity contribution in [3.05, 3.63) is 29.3 Å². The average molecular weight is 276 g/mol. The Kier molecular flexibility index (Phi) is 3.66. The van der Waals surface area contributed by atoms with E-state index in [1.54, 1.807) is 0 Å². The Bertz CT molecular complexity index is 503. The number of aryl methyl sites for hydroxylation is 1. The van der Waals surface area contributed by atoms with E-state index in [9.17, 15) is 9.90 Å². The molecule has 1 saturated heterocycles. The van der Waals surface area contributed by atoms with Gasteiger partial charge in [0.2, 0.25) is 0 Å². The van der Waals surface area contributed by atoms with Crippen LogP contribution in [0.25, 0.3) is 0 Å². The summed E-state index contributed by atoms with van der Waals surface area (Å²) in [7, 11) is 0. The molecule has 0 bridgehead atoms. The van der Waals surface area contributed by atoms with E-state index in [4.69, 9.17) is 9.47 Å². The van der Waals surface area contributed by atoms with E-state index >= 15 is 0 Å². The van der Waals surface area contributed by atoms with Gasteiger partial charge in [-0.3, -0.25) is 4.79 Å². The van der Waals surface area contributed by atoms with Crippen molar-refractivity contribution in [2.75, 3.05) is 19.8 Å². The van der Waals surface area contributed by atoms with Crippen molar-refractivity contribution in [2.24, 2.45) is 5.41 Å². The number of ether oxygens (including phenoxy) is 2. The molecule has 1 aromatic rings. The average Bonchev–Trinajstić information content (AvgIpc) is 2.93. The monoisotopic (exact) mass is 276 g/mol. The molecule has 0 saturated carbocycles. The zero-order valence-electron chi connectivity index (χ0n) is 11.6. The molecule has 2 aliphatic rings. The lowest BCUT2D eigenvalue weighted by Crippen LogP contribution is -2.37. The minimum atomic E-state index is -0.676. The zero-order valence-corrected chi connectivity index (χ0v) is 11.6. The van der Waals surface area contributed by atoms with E-state index in [-0.39, 0.29) is 0 Å². The highest BCUT2D eigenvalue weighted by atomic mass is 16.5. The number of fused-ring (bicyclic) bond motifs is 1. The summed E-state index contributed by atoms with van der Waals surface area (Å²) in [6.07, 6.45) is 3.69. The maximum Gasteiger partial charge on any atom is 0.309 e. The predicted molar refractivity (Wildman–Crippen MR) is 74.1 cm³/mol. The SMILES string of the molecule is O=C(O)C1(CCc2ccc3c(c2)CCO3)CCOCC1. The molecular weight excluding hydrogens is 256 g/mol. The Morgan fingerprint density at radius 3 is 2.80 bits per heavy atom. The Morgan fingerprint density at radius 2 is 2.05 bits per heavy atom. The fourth-order valence-corrected chi connectivity index (χ4v) is 3.11. The fourth-order valence-electron chi connectivity index (χ4n) is 3.11. The van der Waals surface area contributed by atoms with E-state index in [0.717, 1.165) is 25.2 Å².